The first kappa shape index (κ1) is 23.8. The Balaban J connectivity index is 1.40. The maximum Gasteiger partial charge on any atom is 0.573 e. The molecule has 180 valence electrons. The van der Waals surface area contributed by atoms with Gasteiger partial charge in [0.05, 0.1) is 17.8 Å². The Bertz CT molecular complexity index is 1160. The molecule has 0 radical (unpaired) electrons. The molecule has 13 heteroatoms. The van der Waals surface area contributed by atoms with Gasteiger partial charge in [-0.25, -0.2) is 4.39 Å². The van der Waals surface area contributed by atoms with Crippen molar-refractivity contribution in [2.75, 3.05) is 31.6 Å². The molecule has 0 spiro atoms. The fourth-order valence-electron chi connectivity index (χ4n) is 3.67. The van der Waals surface area contributed by atoms with Gasteiger partial charge in [0.15, 0.2) is 18.2 Å². The van der Waals surface area contributed by atoms with Gasteiger partial charge in [-0.15, -0.1) is 13.2 Å². The first-order chi connectivity index (χ1) is 16.0. The van der Waals surface area contributed by atoms with E-state index in [4.69, 9.17) is 4.74 Å². The van der Waals surface area contributed by atoms with Crippen LogP contribution in [0.3, 0.4) is 0 Å². The van der Waals surface area contributed by atoms with Crippen LogP contribution in [0.15, 0.2) is 40.9 Å². The number of nitrogens with zero attached hydrogens (tertiary/aromatic N) is 2. The number of halogens is 5. The highest BCUT2D eigenvalue weighted by Gasteiger charge is 2.40. The molecule has 4 rings (SSSR count). The summed E-state index contributed by atoms with van der Waals surface area (Å²) in [6, 6.07) is 6.41. The van der Waals surface area contributed by atoms with Crippen LogP contribution >= 0.6 is 15.9 Å². The highest BCUT2D eigenvalue weighted by Crippen LogP contribution is 2.29. The number of hydrogen-bond acceptors (Lipinski definition) is 5. The van der Waals surface area contributed by atoms with Gasteiger partial charge in [-0.2, -0.15) is 0 Å². The minimum absolute atomic E-state index is 0.0817. The molecule has 2 aliphatic rings. The minimum atomic E-state index is -5.05. The lowest BCUT2D eigenvalue weighted by Crippen LogP contribution is -2.60. The van der Waals surface area contributed by atoms with Gasteiger partial charge in [-0.05, 0) is 30.3 Å². The molecule has 0 bridgehead atoms. The van der Waals surface area contributed by atoms with E-state index in [-0.39, 0.29) is 31.3 Å². The smallest absolute Gasteiger partial charge is 0.484 e. The van der Waals surface area contributed by atoms with Crippen LogP contribution in [-0.4, -0.2) is 66.2 Å². The molecule has 0 aromatic heterocycles. The summed E-state index contributed by atoms with van der Waals surface area (Å²) in [6.07, 6.45) is -5.05. The second-order valence-corrected chi connectivity index (χ2v) is 8.38. The van der Waals surface area contributed by atoms with Crippen LogP contribution in [0.5, 0.6) is 11.5 Å². The molecule has 0 aliphatic carbocycles. The number of piperazine rings is 1. The van der Waals surface area contributed by atoms with E-state index >= 15 is 0 Å². The molecule has 1 atom stereocenters. The summed E-state index contributed by atoms with van der Waals surface area (Å²) < 4.78 is 60.0. The molecule has 1 N–H and O–H groups in total. The molecule has 34 heavy (non-hydrogen) atoms. The number of amides is 3. The quantitative estimate of drug-likeness (QED) is 0.596. The summed E-state index contributed by atoms with van der Waals surface area (Å²) in [4.78, 5) is 41.1. The number of fused-ring (bicyclic) bond motifs is 2. The Morgan fingerprint density at radius 3 is 2.62 bits per heavy atom. The van der Waals surface area contributed by atoms with Crippen molar-refractivity contribution in [3.8, 4) is 11.5 Å². The minimum Gasteiger partial charge on any atom is -0.484 e. The average molecular weight is 546 g/mol. The van der Waals surface area contributed by atoms with Gasteiger partial charge >= 0.3 is 6.36 Å². The molecule has 2 aromatic carbocycles. The van der Waals surface area contributed by atoms with Gasteiger partial charge in [0.25, 0.3) is 11.8 Å². The van der Waals surface area contributed by atoms with Crippen molar-refractivity contribution in [3.05, 3.63) is 52.3 Å². The van der Waals surface area contributed by atoms with Crippen molar-refractivity contribution in [1.29, 1.82) is 0 Å². The number of rotatable bonds is 4. The summed E-state index contributed by atoms with van der Waals surface area (Å²) in [7, 11) is 0. The summed E-state index contributed by atoms with van der Waals surface area (Å²) in [5, 5.41) is 2.70. The van der Waals surface area contributed by atoms with Crippen LogP contribution in [0.2, 0.25) is 0 Å². The molecule has 1 fully saturated rings. The summed E-state index contributed by atoms with van der Waals surface area (Å²) in [5.74, 6) is -3.85. The van der Waals surface area contributed by atoms with E-state index in [0.717, 1.165) is 12.1 Å². The highest BCUT2D eigenvalue weighted by atomic mass is 79.9. The third-order valence-electron chi connectivity index (χ3n) is 5.26. The van der Waals surface area contributed by atoms with Gasteiger partial charge in [0.1, 0.15) is 11.8 Å². The molecule has 8 nitrogen and oxygen atoms in total. The zero-order chi connectivity index (χ0) is 24.6. The molecular formula is C21H16BrF4N3O5. The van der Waals surface area contributed by atoms with Gasteiger partial charge in [-0.3, -0.25) is 14.4 Å². The van der Waals surface area contributed by atoms with E-state index in [1.54, 1.807) is 18.2 Å². The Morgan fingerprint density at radius 1 is 1.15 bits per heavy atom. The Kier molecular flexibility index (Phi) is 6.39. The van der Waals surface area contributed by atoms with Gasteiger partial charge in [0.2, 0.25) is 5.91 Å². The summed E-state index contributed by atoms with van der Waals surface area (Å²) in [6.45, 7) is -0.392. The zero-order valence-electron chi connectivity index (χ0n) is 17.2. The first-order valence-corrected chi connectivity index (χ1v) is 10.7. The van der Waals surface area contributed by atoms with Gasteiger partial charge < -0.3 is 24.6 Å². The SMILES string of the molecule is O=C1Nc2ccc(Br)cc2C(=O)N2CCN(C(=O)COc3ccc(OC(F)(F)F)c(F)c3)CC12. The van der Waals surface area contributed by atoms with Gasteiger partial charge in [-0.1, -0.05) is 15.9 Å². The molecule has 2 aliphatic heterocycles. The lowest BCUT2D eigenvalue weighted by Gasteiger charge is -2.39. The second-order valence-electron chi connectivity index (χ2n) is 7.46. The monoisotopic (exact) mass is 545 g/mol. The maximum atomic E-state index is 13.8. The largest absolute Gasteiger partial charge is 0.573 e. The van der Waals surface area contributed by atoms with Crippen LogP contribution in [0.25, 0.3) is 0 Å². The predicted octanol–water partition coefficient (Wildman–Crippen LogP) is 3.17. The molecule has 1 saturated heterocycles. The van der Waals surface area contributed by atoms with Crippen molar-refractivity contribution in [3.63, 3.8) is 0 Å². The van der Waals surface area contributed by atoms with E-state index in [2.05, 4.69) is 26.0 Å². The fraction of sp³-hybridized carbons (Fsp3) is 0.286. The Hall–Kier alpha value is -3.35. The average Bonchev–Trinajstić information content (AvgIpc) is 2.87. The van der Waals surface area contributed by atoms with Crippen molar-refractivity contribution in [1.82, 2.24) is 9.80 Å². The molecule has 0 saturated carbocycles. The molecule has 3 amide bonds. The number of ether oxygens (including phenoxy) is 2. The number of alkyl halides is 3. The highest BCUT2D eigenvalue weighted by molar-refractivity contribution is 9.10. The van der Waals surface area contributed by atoms with Crippen molar-refractivity contribution < 1.29 is 41.4 Å². The van der Waals surface area contributed by atoms with Crippen LogP contribution in [0, 0.1) is 5.82 Å². The number of hydrogen-bond donors (Lipinski definition) is 1. The standard InChI is InChI=1S/C21H16BrF4N3O5/c22-11-1-3-15-13(7-11)20(32)29-6-5-28(9-16(29)19(31)27-15)18(30)10-33-12-2-4-17(14(23)8-12)34-21(24,25)26/h1-4,7-8,16H,5-6,9-10H2,(H,27,31). The third-order valence-corrected chi connectivity index (χ3v) is 5.75. The normalized spacial score (nSPS) is 18.0. The molecule has 1 unspecified atom stereocenters. The predicted molar refractivity (Wildman–Crippen MR) is 113 cm³/mol. The van der Waals surface area contributed by atoms with E-state index < -0.39 is 42.4 Å². The number of nitrogens with one attached hydrogen (secondary N) is 1. The topological polar surface area (TPSA) is 88.2 Å². The maximum absolute atomic E-state index is 13.8. The Morgan fingerprint density at radius 2 is 1.91 bits per heavy atom. The lowest BCUT2D eigenvalue weighted by molar-refractivity contribution is -0.275. The molecular weight excluding hydrogens is 530 g/mol. The number of carbonyl (C=O) groups is 3. The van der Waals surface area contributed by atoms with Crippen LogP contribution in [0.4, 0.5) is 23.2 Å². The molecule has 2 heterocycles. The summed E-state index contributed by atoms with van der Waals surface area (Å²) in [5.41, 5.74) is 0.696. The summed E-state index contributed by atoms with van der Waals surface area (Å²) >= 11 is 3.30. The van der Waals surface area contributed by atoms with Crippen molar-refractivity contribution in [2.45, 2.75) is 12.4 Å². The van der Waals surface area contributed by atoms with Crippen LogP contribution < -0.4 is 14.8 Å². The number of benzene rings is 2. The van der Waals surface area contributed by atoms with Crippen LogP contribution in [0.1, 0.15) is 10.4 Å². The van der Waals surface area contributed by atoms with Crippen molar-refractivity contribution in [2.24, 2.45) is 0 Å². The second kappa shape index (κ2) is 9.12. The van der Waals surface area contributed by atoms with E-state index in [9.17, 15) is 31.9 Å². The van der Waals surface area contributed by atoms with Gasteiger partial charge in [0, 0.05) is 23.6 Å². The third kappa shape index (κ3) is 5.08. The van der Waals surface area contributed by atoms with E-state index in [1.807, 2.05) is 0 Å². The van der Waals surface area contributed by atoms with Crippen molar-refractivity contribution >= 4 is 39.3 Å². The van der Waals surface area contributed by atoms with Crippen LogP contribution in [-0.2, 0) is 9.59 Å². The van der Waals surface area contributed by atoms with E-state index in [1.165, 1.54) is 9.80 Å². The number of anilines is 1. The Labute approximate surface area is 198 Å². The lowest BCUT2D eigenvalue weighted by atomic mass is 10.1. The number of carbonyl (C=O) groups excluding carboxylic acids is 3. The first-order valence-electron chi connectivity index (χ1n) is 9.89. The zero-order valence-corrected chi connectivity index (χ0v) is 18.8. The fourth-order valence-corrected chi connectivity index (χ4v) is 4.03. The van der Waals surface area contributed by atoms with E-state index in [0.29, 0.717) is 21.8 Å². The molecule has 2 aromatic rings.